The first-order chi connectivity index (χ1) is 7.47. The number of nitrogens with two attached hydrogens (primary N) is 1. The highest BCUT2D eigenvalue weighted by atomic mass is 35.5. The van der Waals surface area contributed by atoms with Gasteiger partial charge in [-0.3, -0.25) is 10.1 Å². The van der Waals surface area contributed by atoms with Crippen LogP contribution < -0.4 is 5.73 Å². The van der Waals surface area contributed by atoms with Crippen LogP contribution in [0.25, 0.3) is 0 Å². The summed E-state index contributed by atoms with van der Waals surface area (Å²) in [5.74, 6) is -0.957. The molecule has 0 atom stereocenters. The van der Waals surface area contributed by atoms with Crippen LogP contribution in [0.2, 0.25) is 0 Å². The molecule has 0 spiro atoms. The van der Waals surface area contributed by atoms with Crippen LogP contribution in [0, 0.1) is 22.9 Å². The van der Waals surface area contributed by atoms with Crippen LogP contribution in [-0.4, -0.2) is 16.6 Å². The monoisotopic (exact) mass is 245 g/mol. The molecule has 0 bridgehead atoms. The molecule has 7 heteroatoms. The maximum Gasteiger partial charge on any atom is 0.297 e. The summed E-state index contributed by atoms with van der Waals surface area (Å²) in [7, 11) is 0. The molecule has 1 aromatic carbocycles. The Hall–Kier alpha value is -1.69. The van der Waals surface area contributed by atoms with E-state index in [9.17, 15) is 14.5 Å². The smallest absolute Gasteiger partial charge is 0.297 e. The molecule has 0 aliphatic carbocycles. The topological polar surface area (TPSA) is 81.5 Å². The van der Waals surface area contributed by atoms with E-state index >= 15 is 0 Å². The zero-order chi connectivity index (χ0) is 12.3. The van der Waals surface area contributed by atoms with E-state index in [1.807, 2.05) is 0 Å². The molecule has 1 rings (SSSR count). The van der Waals surface area contributed by atoms with Crippen molar-refractivity contribution in [1.29, 1.82) is 0 Å². The summed E-state index contributed by atoms with van der Waals surface area (Å²) in [6.07, 6.45) is 0. The molecule has 5 nitrogen and oxygen atoms in total. The molecule has 0 amide bonds. The minimum Gasteiger partial charge on any atom is -0.386 e. The molecule has 1 aromatic rings. The zero-order valence-corrected chi connectivity index (χ0v) is 9.16. The second-order valence-corrected chi connectivity index (χ2v) is 3.33. The standard InChI is InChI=1S/C9H9ClFN3O2/c1-5-2-3-6(14(15)16)9(8(5)11)13-7(12)4-10/h2-3H,4H2,1H3,(H2,12,13). The number of aliphatic imine (C=N–C) groups is 1. The van der Waals surface area contributed by atoms with Gasteiger partial charge >= 0.3 is 0 Å². The molecule has 2 N–H and O–H groups in total. The lowest BCUT2D eigenvalue weighted by Crippen LogP contribution is -2.12. The number of halogens is 2. The number of alkyl halides is 1. The number of nitro benzene ring substituents is 1. The Morgan fingerprint density at radius 1 is 1.69 bits per heavy atom. The van der Waals surface area contributed by atoms with Crippen molar-refractivity contribution in [1.82, 2.24) is 0 Å². The van der Waals surface area contributed by atoms with Crippen molar-refractivity contribution in [2.75, 3.05) is 5.88 Å². The molecule has 0 heterocycles. The fraction of sp³-hybridized carbons (Fsp3) is 0.222. The average Bonchev–Trinajstić information content (AvgIpc) is 2.24. The summed E-state index contributed by atoms with van der Waals surface area (Å²) in [6.45, 7) is 1.48. The van der Waals surface area contributed by atoms with Crippen LogP contribution in [0.4, 0.5) is 15.8 Å². The highest BCUT2D eigenvalue weighted by Gasteiger charge is 2.19. The summed E-state index contributed by atoms with van der Waals surface area (Å²) in [4.78, 5) is 13.5. The number of nitro groups is 1. The van der Waals surface area contributed by atoms with Gasteiger partial charge < -0.3 is 5.73 Å². The van der Waals surface area contributed by atoms with E-state index in [1.165, 1.54) is 19.1 Å². The first-order valence-electron chi connectivity index (χ1n) is 4.30. The molecule has 0 aromatic heterocycles. The zero-order valence-electron chi connectivity index (χ0n) is 8.41. The van der Waals surface area contributed by atoms with Gasteiger partial charge in [0.15, 0.2) is 11.5 Å². The summed E-state index contributed by atoms with van der Waals surface area (Å²) >= 11 is 5.38. The van der Waals surface area contributed by atoms with Gasteiger partial charge in [-0.25, -0.2) is 9.38 Å². The van der Waals surface area contributed by atoms with E-state index in [2.05, 4.69) is 4.99 Å². The lowest BCUT2D eigenvalue weighted by molar-refractivity contribution is -0.384. The summed E-state index contributed by atoms with van der Waals surface area (Å²) in [5, 5.41) is 10.7. The molecule has 16 heavy (non-hydrogen) atoms. The molecule has 0 unspecified atom stereocenters. The molecular formula is C9H9ClFN3O2. The lowest BCUT2D eigenvalue weighted by Gasteiger charge is -2.03. The van der Waals surface area contributed by atoms with Crippen molar-refractivity contribution in [3.8, 4) is 0 Å². The predicted octanol–water partition coefficient (Wildman–Crippen LogP) is 2.27. The van der Waals surface area contributed by atoms with Gasteiger partial charge in [-0.2, -0.15) is 0 Å². The van der Waals surface area contributed by atoms with E-state index in [0.717, 1.165) is 0 Å². The van der Waals surface area contributed by atoms with Crippen LogP contribution in [0.3, 0.4) is 0 Å². The van der Waals surface area contributed by atoms with Crippen LogP contribution in [0.15, 0.2) is 17.1 Å². The highest BCUT2D eigenvalue weighted by Crippen LogP contribution is 2.32. The molecule has 0 radical (unpaired) electrons. The molecule has 0 aliphatic rings. The number of aryl methyl sites for hydroxylation is 1. The van der Waals surface area contributed by atoms with Gasteiger partial charge in [0.1, 0.15) is 5.84 Å². The number of hydrogen-bond donors (Lipinski definition) is 1. The fourth-order valence-electron chi connectivity index (χ4n) is 1.08. The third kappa shape index (κ3) is 2.46. The van der Waals surface area contributed by atoms with Gasteiger partial charge in [0.2, 0.25) is 0 Å². The first kappa shape index (κ1) is 12.4. The van der Waals surface area contributed by atoms with Gasteiger partial charge in [0.25, 0.3) is 5.69 Å². The van der Waals surface area contributed by atoms with E-state index in [-0.39, 0.29) is 23.0 Å². The van der Waals surface area contributed by atoms with Crippen LogP contribution in [0.1, 0.15) is 5.56 Å². The first-order valence-corrected chi connectivity index (χ1v) is 4.83. The molecule has 0 fully saturated rings. The van der Waals surface area contributed by atoms with Crippen molar-refractivity contribution in [2.24, 2.45) is 10.7 Å². The Labute approximate surface area is 95.9 Å². The fourth-order valence-corrected chi connectivity index (χ4v) is 1.14. The maximum atomic E-state index is 13.6. The van der Waals surface area contributed by atoms with Gasteiger partial charge in [0.05, 0.1) is 10.8 Å². The molecular weight excluding hydrogens is 237 g/mol. The second kappa shape index (κ2) is 4.89. The van der Waals surface area contributed by atoms with Crippen molar-refractivity contribution < 1.29 is 9.31 Å². The number of nitrogens with zero attached hydrogens (tertiary/aromatic N) is 2. The van der Waals surface area contributed by atoms with Gasteiger partial charge in [-0.15, -0.1) is 11.6 Å². The molecule has 0 saturated heterocycles. The average molecular weight is 246 g/mol. The largest absolute Gasteiger partial charge is 0.386 e. The van der Waals surface area contributed by atoms with E-state index < -0.39 is 16.4 Å². The summed E-state index contributed by atoms with van der Waals surface area (Å²) in [5.41, 5.74) is 4.76. The Balaban J connectivity index is 3.43. The van der Waals surface area contributed by atoms with E-state index in [0.29, 0.717) is 0 Å². The quantitative estimate of drug-likeness (QED) is 0.292. The Kier molecular flexibility index (Phi) is 3.78. The van der Waals surface area contributed by atoms with Crippen LogP contribution in [0.5, 0.6) is 0 Å². The third-order valence-electron chi connectivity index (χ3n) is 1.88. The summed E-state index contributed by atoms with van der Waals surface area (Å²) < 4.78 is 13.6. The van der Waals surface area contributed by atoms with Gasteiger partial charge in [-0.05, 0) is 18.6 Å². The second-order valence-electron chi connectivity index (χ2n) is 3.06. The van der Waals surface area contributed by atoms with Crippen LogP contribution in [-0.2, 0) is 0 Å². The normalized spacial score (nSPS) is 11.6. The number of amidine groups is 1. The Bertz CT molecular complexity index is 462. The van der Waals surface area contributed by atoms with E-state index in [1.54, 1.807) is 0 Å². The molecule has 86 valence electrons. The Morgan fingerprint density at radius 3 is 2.81 bits per heavy atom. The maximum absolute atomic E-state index is 13.6. The molecule has 0 saturated carbocycles. The Morgan fingerprint density at radius 2 is 2.31 bits per heavy atom. The van der Waals surface area contributed by atoms with Crippen molar-refractivity contribution in [3.05, 3.63) is 33.6 Å². The predicted molar refractivity (Wildman–Crippen MR) is 59.8 cm³/mol. The van der Waals surface area contributed by atoms with Crippen molar-refractivity contribution in [2.45, 2.75) is 6.92 Å². The number of rotatable bonds is 3. The van der Waals surface area contributed by atoms with E-state index in [4.69, 9.17) is 17.3 Å². The van der Waals surface area contributed by atoms with Gasteiger partial charge in [-0.1, -0.05) is 0 Å². The van der Waals surface area contributed by atoms with Crippen LogP contribution >= 0.6 is 11.6 Å². The van der Waals surface area contributed by atoms with Crippen molar-refractivity contribution in [3.63, 3.8) is 0 Å². The highest BCUT2D eigenvalue weighted by molar-refractivity contribution is 6.28. The summed E-state index contributed by atoms with van der Waals surface area (Å²) in [6, 6.07) is 2.49. The van der Waals surface area contributed by atoms with Gasteiger partial charge in [0, 0.05) is 6.07 Å². The minimum atomic E-state index is -0.762. The van der Waals surface area contributed by atoms with Crippen molar-refractivity contribution >= 4 is 28.8 Å². The molecule has 0 aliphatic heterocycles. The minimum absolute atomic E-state index is 0.0748. The number of hydrogen-bond acceptors (Lipinski definition) is 3. The number of benzene rings is 1. The SMILES string of the molecule is Cc1ccc([N+](=O)[O-])c(N=C(N)CCl)c1F. The lowest BCUT2D eigenvalue weighted by atomic mass is 10.2. The third-order valence-corrected chi connectivity index (χ3v) is 2.15.